The third kappa shape index (κ3) is 3.82. The van der Waals surface area contributed by atoms with Gasteiger partial charge in [-0.15, -0.1) is 0 Å². The number of sulfonamides is 1. The molecule has 25 heavy (non-hydrogen) atoms. The minimum absolute atomic E-state index is 0.174. The van der Waals surface area contributed by atoms with E-state index in [0.29, 0.717) is 30.8 Å². The zero-order valence-corrected chi connectivity index (χ0v) is 16.7. The van der Waals surface area contributed by atoms with Gasteiger partial charge < -0.3 is 9.64 Å². The van der Waals surface area contributed by atoms with Crippen LogP contribution in [0, 0.1) is 34.6 Å². The van der Waals surface area contributed by atoms with Crippen LogP contribution in [0.4, 0.5) is 4.79 Å². The Morgan fingerprint density at radius 2 is 1.40 bits per heavy atom. The van der Waals surface area contributed by atoms with Crippen molar-refractivity contribution in [2.24, 2.45) is 0 Å². The van der Waals surface area contributed by atoms with E-state index in [0.717, 1.165) is 27.8 Å². The number of nitrogens with zero attached hydrogens (tertiary/aromatic N) is 1. The number of benzene rings is 1. The van der Waals surface area contributed by atoms with Gasteiger partial charge in [-0.2, -0.15) is 0 Å². The number of methoxy groups -OCH3 is 1. The van der Waals surface area contributed by atoms with Crippen molar-refractivity contribution < 1.29 is 17.9 Å². The second-order valence-corrected chi connectivity index (χ2v) is 8.46. The minimum Gasteiger partial charge on any atom is -0.453 e. The smallest absolute Gasteiger partial charge is 0.409 e. The summed E-state index contributed by atoms with van der Waals surface area (Å²) in [4.78, 5) is 13.5. The van der Waals surface area contributed by atoms with Crippen molar-refractivity contribution >= 4 is 16.1 Å². The molecule has 0 aromatic heterocycles. The molecule has 7 heteroatoms. The van der Waals surface area contributed by atoms with Gasteiger partial charge in [0.25, 0.3) is 0 Å². The monoisotopic (exact) mass is 368 g/mol. The van der Waals surface area contributed by atoms with E-state index in [1.165, 1.54) is 7.11 Å². The van der Waals surface area contributed by atoms with E-state index in [1.807, 2.05) is 34.6 Å². The van der Waals surface area contributed by atoms with Gasteiger partial charge in [0.05, 0.1) is 12.0 Å². The van der Waals surface area contributed by atoms with E-state index < -0.39 is 10.0 Å². The molecule has 0 unspecified atom stereocenters. The first kappa shape index (κ1) is 19.7. The molecular weight excluding hydrogens is 340 g/mol. The second kappa shape index (κ2) is 7.33. The summed E-state index contributed by atoms with van der Waals surface area (Å²) in [7, 11) is -2.26. The van der Waals surface area contributed by atoms with Crippen molar-refractivity contribution in [2.45, 2.75) is 58.4 Å². The van der Waals surface area contributed by atoms with Crippen LogP contribution in [-0.2, 0) is 14.8 Å². The Balaban J connectivity index is 2.23. The molecule has 0 saturated carbocycles. The fourth-order valence-electron chi connectivity index (χ4n) is 3.46. The Bertz CT molecular complexity index is 750. The molecule has 1 fully saturated rings. The first-order valence-electron chi connectivity index (χ1n) is 8.52. The van der Waals surface area contributed by atoms with Gasteiger partial charge in [-0.25, -0.2) is 17.9 Å². The number of piperidine rings is 1. The van der Waals surface area contributed by atoms with Gasteiger partial charge in [-0.3, -0.25) is 0 Å². The molecule has 1 aliphatic rings. The molecule has 1 aromatic carbocycles. The Morgan fingerprint density at radius 1 is 0.960 bits per heavy atom. The van der Waals surface area contributed by atoms with E-state index in [4.69, 9.17) is 4.74 Å². The van der Waals surface area contributed by atoms with Crippen LogP contribution in [0.3, 0.4) is 0 Å². The largest absolute Gasteiger partial charge is 0.453 e. The van der Waals surface area contributed by atoms with Crippen LogP contribution >= 0.6 is 0 Å². The van der Waals surface area contributed by atoms with Crippen molar-refractivity contribution in [1.82, 2.24) is 9.62 Å². The summed E-state index contributed by atoms with van der Waals surface area (Å²) in [5, 5.41) is 0. The SMILES string of the molecule is COC(=O)N1CCC(NS(=O)(=O)c2c(C)c(C)c(C)c(C)c2C)CC1. The standard InChI is InChI=1S/C18H28N2O4S/c1-11-12(2)14(4)17(15(5)13(11)3)25(22,23)19-16-7-9-20(10-8-16)18(21)24-6/h16,19H,7-10H2,1-6H3. The van der Waals surface area contributed by atoms with Crippen molar-refractivity contribution in [2.75, 3.05) is 20.2 Å². The van der Waals surface area contributed by atoms with Crippen LogP contribution in [0.25, 0.3) is 0 Å². The van der Waals surface area contributed by atoms with Crippen LogP contribution in [0.1, 0.15) is 40.7 Å². The zero-order valence-electron chi connectivity index (χ0n) is 15.9. The Hall–Kier alpha value is -1.60. The third-order valence-corrected chi connectivity index (χ3v) is 7.24. The van der Waals surface area contributed by atoms with Gasteiger partial charge in [0.15, 0.2) is 0 Å². The van der Waals surface area contributed by atoms with E-state index in [-0.39, 0.29) is 12.1 Å². The number of ether oxygens (including phenoxy) is 1. The molecule has 1 aromatic rings. The molecule has 0 bridgehead atoms. The maximum absolute atomic E-state index is 13.0. The highest BCUT2D eigenvalue weighted by Crippen LogP contribution is 2.30. The molecule has 6 nitrogen and oxygen atoms in total. The maximum atomic E-state index is 13.0. The number of carbonyl (C=O) groups is 1. The highest BCUT2D eigenvalue weighted by atomic mass is 32.2. The highest BCUT2D eigenvalue weighted by Gasteiger charge is 2.29. The van der Waals surface area contributed by atoms with E-state index in [2.05, 4.69) is 4.72 Å². The quantitative estimate of drug-likeness (QED) is 0.890. The van der Waals surface area contributed by atoms with Crippen LogP contribution < -0.4 is 4.72 Å². The lowest BCUT2D eigenvalue weighted by atomic mass is 9.95. The van der Waals surface area contributed by atoms with Crippen LogP contribution in [0.5, 0.6) is 0 Å². The maximum Gasteiger partial charge on any atom is 0.409 e. The average molecular weight is 368 g/mol. The number of hydrogen-bond acceptors (Lipinski definition) is 4. The first-order valence-corrected chi connectivity index (χ1v) is 10.0. The summed E-state index contributed by atoms with van der Waals surface area (Å²) in [5.41, 5.74) is 4.79. The Kier molecular flexibility index (Phi) is 5.79. The normalized spacial score (nSPS) is 16.2. The second-order valence-electron chi connectivity index (χ2n) is 6.81. The van der Waals surface area contributed by atoms with Crippen LogP contribution in [-0.4, -0.2) is 45.7 Å². The predicted octanol–water partition coefficient (Wildman–Crippen LogP) is 2.74. The predicted molar refractivity (Wildman–Crippen MR) is 97.4 cm³/mol. The number of nitrogens with one attached hydrogen (secondary N) is 1. The van der Waals surface area contributed by atoms with Crippen molar-refractivity contribution in [3.63, 3.8) is 0 Å². The van der Waals surface area contributed by atoms with Crippen LogP contribution in [0.15, 0.2) is 4.90 Å². The molecule has 2 rings (SSSR count). The summed E-state index contributed by atoms with van der Waals surface area (Å²) in [5.74, 6) is 0. The summed E-state index contributed by atoms with van der Waals surface area (Å²) < 4.78 is 33.6. The topological polar surface area (TPSA) is 75.7 Å². The number of amides is 1. The molecule has 1 N–H and O–H groups in total. The summed E-state index contributed by atoms with van der Waals surface area (Å²) in [6, 6.07) is -0.174. The fraction of sp³-hybridized carbons (Fsp3) is 0.611. The minimum atomic E-state index is -3.61. The lowest BCUT2D eigenvalue weighted by molar-refractivity contribution is 0.111. The Morgan fingerprint density at radius 3 is 1.84 bits per heavy atom. The number of likely N-dealkylation sites (tertiary alicyclic amines) is 1. The molecular formula is C18H28N2O4S. The van der Waals surface area contributed by atoms with Gasteiger partial charge >= 0.3 is 6.09 Å². The summed E-state index contributed by atoms with van der Waals surface area (Å²) in [6.07, 6.45) is 0.796. The molecule has 140 valence electrons. The van der Waals surface area contributed by atoms with Gasteiger partial charge in [0, 0.05) is 19.1 Å². The number of carbonyl (C=O) groups excluding carboxylic acids is 1. The summed E-state index contributed by atoms with van der Waals surface area (Å²) >= 11 is 0. The average Bonchev–Trinajstić information content (AvgIpc) is 2.57. The third-order valence-electron chi connectivity index (χ3n) is 5.45. The van der Waals surface area contributed by atoms with Crippen LogP contribution in [0.2, 0.25) is 0 Å². The zero-order chi connectivity index (χ0) is 18.9. The molecule has 0 atom stereocenters. The van der Waals surface area contributed by atoms with Crippen molar-refractivity contribution in [3.8, 4) is 0 Å². The van der Waals surface area contributed by atoms with Gasteiger partial charge in [0.2, 0.25) is 10.0 Å². The molecule has 1 saturated heterocycles. The van der Waals surface area contributed by atoms with E-state index in [1.54, 1.807) is 4.90 Å². The number of rotatable bonds is 3. The molecule has 0 radical (unpaired) electrons. The lowest BCUT2D eigenvalue weighted by Gasteiger charge is -2.31. The first-order chi connectivity index (χ1) is 11.6. The van der Waals surface area contributed by atoms with Gasteiger partial charge in [-0.1, -0.05) is 0 Å². The molecule has 0 aliphatic carbocycles. The molecule has 1 amide bonds. The van der Waals surface area contributed by atoms with Gasteiger partial charge in [0.1, 0.15) is 0 Å². The Labute approximate surface area is 150 Å². The van der Waals surface area contributed by atoms with E-state index in [9.17, 15) is 13.2 Å². The van der Waals surface area contributed by atoms with Gasteiger partial charge in [-0.05, 0) is 75.3 Å². The summed E-state index contributed by atoms with van der Waals surface area (Å²) in [6.45, 7) is 10.7. The van der Waals surface area contributed by atoms with Crippen molar-refractivity contribution in [3.05, 3.63) is 27.8 Å². The molecule has 1 aliphatic heterocycles. The number of hydrogen-bond donors (Lipinski definition) is 1. The van der Waals surface area contributed by atoms with Crippen molar-refractivity contribution in [1.29, 1.82) is 0 Å². The van der Waals surface area contributed by atoms with E-state index >= 15 is 0 Å². The molecule has 1 heterocycles. The fourth-order valence-corrected chi connectivity index (χ4v) is 5.36. The molecule has 0 spiro atoms. The highest BCUT2D eigenvalue weighted by molar-refractivity contribution is 7.89. The lowest BCUT2D eigenvalue weighted by Crippen LogP contribution is -2.46.